The molecule has 0 spiro atoms. The zero-order valence-corrected chi connectivity index (χ0v) is 19.7. The third kappa shape index (κ3) is 4.37. The topological polar surface area (TPSA) is 76.1 Å². The second-order valence-corrected chi connectivity index (χ2v) is 9.20. The van der Waals surface area contributed by atoms with E-state index in [1.807, 2.05) is 78.9 Å². The van der Waals surface area contributed by atoms with E-state index in [1.54, 1.807) is 20.0 Å². The number of pyridine rings is 1. The first kappa shape index (κ1) is 22.7. The molecule has 5 rings (SSSR count). The smallest absolute Gasteiger partial charge is 0.228 e. The highest BCUT2D eigenvalue weighted by atomic mass is 16.2. The van der Waals surface area contributed by atoms with Crippen molar-refractivity contribution in [2.75, 3.05) is 5.32 Å². The Morgan fingerprint density at radius 1 is 0.743 bits per heavy atom. The number of carbonyl (C=O) groups is 3. The van der Waals surface area contributed by atoms with Gasteiger partial charge in [0.2, 0.25) is 5.91 Å². The molecule has 174 valence electrons. The van der Waals surface area contributed by atoms with Crippen LogP contribution in [0.25, 0.3) is 10.9 Å². The van der Waals surface area contributed by atoms with Crippen molar-refractivity contribution in [2.24, 2.45) is 5.92 Å². The summed E-state index contributed by atoms with van der Waals surface area (Å²) in [5.74, 6) is -0.262. The average Bonchev–Trinajstić information content (AvgIpc) is 2.84. The zero-order valence-electron chi connectivity index (χ0n) is 19.7. The second kappa shape index (κ2) is 9.26. The van der Waals surface area contributed by atoms with Crippen molar-refractivity contribution in [2.45, 2.75) is 32.1 Å². The van der Waals surface area contributed by atoms with Gasteiger partial charge in [-0.05, 0) is 55.4 Å². The fourth-order valence-electron chi connectivity index (χ4n) is 5.05. The molecule has 5 heteroatoms. The minimum Gasteiger partial charge on any atom is -0.324 e. The van der Waals surface area contributed by atoms with Gasteiger partial charge in [-0.15, -0.1) is 0 Å². The number of hydrogen-bond acceptors (Lipinski definition) is 4. The minimum atomic E-state index is -0.291. The molecule has 1 amide bonds. The van der Waals surface area contributed by atoms with E-state index in [9.17, 15) is 14.4 Å². The molecule has 1 unspecified atom stereocenters. The lowest BCUT2D eigenvalue weighted by Crippen LogP contribution is -2.42. The van der Waals surface area contributed by atoms with Crippen LogP contribution in [0.1, 0.15) is 63.9 Å². The van der Waals surface area contributed by atoms with Crippen LogP contribution in [-0.4, -0.2) is 22.5 Å². The highest BCUT2D eigenvalue weighted by molar-refractivity contribution is 6.02. The molecule has 4 aromatic rings. The van der Waals surface area contributed by atoms with Crippen LogP contribution in [0.4, 0.5) is 5.69 Å². The Bertz CT molecular complexity index is 1360. The highest BCUT2D eigenvalue weighted by Gasteiger charge is 2.47. The number of fused-ring (bicyclic) bond motifs is 1. The Morgan fingerprint density at radius 2 is 1.29 bits per heavy atom. The molecule has 0 radical (unpaired) electrons. The van der Waals surface area contributed by atoms with Crippen LogP contribution in [-0.2, 0) is 4.79 Å². The van der Waals surface area contributed by atoms with Gasteiger partial charge in [0.05, 0.1) is 17.1 Å². The van der Waals surface area contributed by atoms with Gasteiger partial charge in [-0.3, -0.25) is 19.4 Å². The molecular weight excluding hydrogens is 436 g/mol. The number of aromatic nitrogens is 1. The van der Waals surface area contributed by atoms with E-state index < -0.39 is 0 Å². The summed E-state index contributed by atoms with van der Waals surface area (Å²) in [5, 5.41) is 4.10. The monoisotopic (exact) mass is 462 g/mol. The molecule has 0 saturated heterocycles. The van der Waals surface area contributed by atoms with E-state index in [-0.39, 0.29) is 35.2 Å². The maximum absolute atomic E-state index is 13.7. The predicted octanol–water partition coefficient (Wildman–Crippen LogP) is 6.17. The van der Waals surface area contributed by atoms with Crippen LogP contribution >= 0.6 is 0 Å². The molecule has 1 aromatic heterocycles. The van der Waals surface area contributed by atoms with Gasteiger partial charge in [-0.2, -0.15) is 0 Å². The Balaban J connectivity index is 1.47. The van der Waals surface area contributed by atoms with Crippen LogP contribution in [0.2, 0.25) is 0 Å². The van der Waals surface area contributed by atoms with Gasteiger partial charge in [0, 0.05) is 22.7 Å². The summed E-state index contributed by atoms with van der Waals surface area (Å²) in [6.45, 7) is 3.10. The number of nitrogens with zero attached hydrogens (tertiary/aromatic N) is 1. The number of benzene rings is 3. The van der Waals surface area contributed by atoms with Crippen LogP contribution in [0.3, 0.4) is 0 Å². The first-order chi connectivity index (χ1) is 16.9. The molecule has 1 heterocycles. The van der Waals surface area contributed by atoms with E-state index >= 15 is 0 Å². The number of amides is 1. The zero-order chi connectivity index (χ0) is 24.5. The van der Waals surface area contributed by atoms with Crippen LogP contribution in [0, 0.1) is 5.92 Å². The van der Waals surface area contributed by atoms with Crippen molar-refractivity contribution in [1.82, 2.24) is 4.98 Å². The minimum absolute atomic E-state index is 0.0198. The first-order valence-corrected chi connectivity index (χ1v) is 11.8. The summed E-state index contributed by atoms with van der Waals surface area (Å²) < 4.78 is 0. The molecular formula is C30H26N2O3. The number of para-hydroxylation sites is 1. The summed E-state index contributed by atoms with van der Waals surface area (Å²) in [4.78, 5) is 41.6. The van der Waals surface area contributed by atoms with Crippen molar-refractivity contribution < 1.29 is 14.4 Å². The van der Waals surface area contributed by atoms with Gasteiger partial charge in [0.15, 0.2) is 11.6 Å². The lowest BCUT2D eigenvalue weighted by atomic mass is 9.59. The summed E-state index contributed by atoms with van der Waals surface area (Å²) in [6.07, 6.45) is 2.53. The summed E-state index contributed by atoms with van der Waals surface area (Å²) in [6, 6.07) is 24.7. The SMILES string of the molecule is CC(=O)c1ccc([C@H]2C[C@@H](c3ccc(C(C)=O)cc3)C2C(=O)Nc2cccc3cccnc23)cc1. The molecule has 1 fully saturated rings. The lowest BCUT2D eigenvalue weighted by Gasteiger charge is -2.44. The predicted molar refractivity (Wildman–Crippen MR) is 137 cm³/mol. The fraction of sp³-hybridized carbons (Fsp3) is 0.200. The molecule has 0 aliphatic heterocycles. The number of anilines is 1. The standard InChI is InChI=1S/C30H26N2O3/c1-18(33)20-8-12-22(13-9-20)25-17-26(23-14-10-21(11-15-23)19(2)34)28(25)30(35)32-27-7-3-5-24-6-4-16-31-29(24)27/h3-16,25-26,28H,17H2,1-2H3,(H,32,35)/t25-,26+,28?. The van der Waals surface area contributed by atoms with Gasteiger partial charge in [0.1, 0.15) is 0 Å². The van der Waals surface area contributed by atoms with Gasteiger partial charge in [-0.25, -0.2) is 0 Å². The maximum Gasteiger partial charge on any atom is 0.228 e. The van der Waals surface area contributed by atoms with E-state index in [4.69, 9.17) is 0 Å². The summed E-state index contributed by atoms with van der Waals surface area (Å²) >= 11 is 0. The van der Waals surface area contributed by atoms with E-state index in [2.05, 4.69) is 10.3 Å². The number of hydrogen-bond donors (Lipinski definition) is 1. The molecule has 3 aromatic carbocycles. The van der Waals surface area contributed by atoms with E-state index in [0.29, 0.717) is 16.8 Å². The molecule has 1 aliphatic carbocycles. The summed E-state index contributed by atoms with van der Waals surface area (Å²) in [5.41, 5.74) is 4.86. The molecule has 0 bridgehead atoms. The van der Waals surface area contributed by atoms with Gasteiger partial charge < -0.3 is 5.32 Å². The molecule has 3 atom stereocenters. The Kier molecular flexibility index (Phi) is 6.00. The van der Waals surface area contributed by atoms with Crippen LogP contribution in [0.15, 0.2) is 85.1 Å². The highest BCUT2D eigenvalue weighted by Crippen LogP contribution is 2.53. The first-order valence-electron chi connectivity index (χ1n) is 11.8. The van der Waals surface area contributed by atoms with Crippen LogP contribution < -0.4 is 5.32 Å². The quantitative estimate of drug-likeness (QED) is 0.348. The van der Waals surface area contributed by atoms with Gasteiger partial charge in [-0.1, -0.05) is 66.7 Å². The number of ketones is 2. The fourth-order valence-corrected chi connectivity index (χ4v) is 5.05. The van der Waals surface area contributed by atoms with Crippen molar-refractivity contribution in [3.63, 3.8) is 0 Å². The molecule has 1 saturated carbocycles. The Hall–Kier alpha value is -4.12. The molecule has 1 N–H and O–H groups in total. The average molecular weight is 463 g/mol. The Morgan fingerprint density at radius 3 is 1.83 bits per heavy atom. The lowest BCUT2D eigenvalue weighted by molar-refractivity contribution is -0.124. The normalized spacial score (nSPS) is 19.1. The molecule has 5 nitrogen and oxygen atoms in total. The maximum atomic E-state index is 13.7. The van der Waals surface area contributed by atoms with Crippen molar-refractivity contribution in [3.05, 3.63) is 107 Å². The number of Topliss-reactive ketones (excluding diaryl/α,β-unsaturated/α-hetero) is 2. The van der Waals surface area contributed by atoms with Gasteiger partial charge >= 0.3 is 0 Å². The van der Waals surface area contributed by atoms with Crippen molar-refractivity contribution in [3.8, 4) is 0 Å². The second-order valence-electron chi connectivity index (χ2n) is 9.20. The van der Waals surface area contributed by atoms with Crippen molar-refractivity contribution >= 4 is 34.1 Å². The molecule has 1 aliphatic rings. The van der Waals surface area contributed by atoms with E-state index in [1.165, 1.54) is 0 Å². The number of rotatable bonds is 6. The number of carbonyl (C=O) groups excluding carboxylic acids is 3. The van der Waals surface area contributed by atoms with Gasteiger partial charge in [0.25, 0.3) is 0 Å². The van der Waals surface area contributed by atoms with Crippen molar-refractivity contribution in [1.29, 1.82) is 0 Å². The van der Waals surface area contributed by atoms with Crippen LogP contribution in [0.5, 0.6) is 0 Å². The third-order valence-corrected chi connectivity index (χ3v) is 7.06. The largest absolute Gasteiger partial charge is 0.324 e. The Labute approximate surface area is 204 Å². The number of nitrogens with one attached hydrogen (secondary N) is 1. The van der Waals surface area contributed by atoms with E-state index in [0.717, 1.165) is 28.5 Å². The molecule has 35 heavy (non-hydrogen) atoms. The third-order valence-electron chi connectivity index (χ3n) is 7.06. The summed E-state index contributed by atoms with van der Waals surface area (Å²) in [7, 11) is 0.